The first-order valence-corrected chi connectivity index (χ1v) is 13.4. The molecule has 0 bridgehead atoms. The Morgan fingerprint density at radius 2 is 1.40 bits per heavy atom. The highest BCUT2D eigenvalue weighted by Crippen LogP contribution is 2.31. The van der Waals surface area contributed by atoms with Crippen molar-refractivity contribution in [3.8, 4) is 16.9 Å². The lowest BCUT2D eigenvalue weighted by Gasteiger charge is -2.11. The Bertz CT molecular complexity index is 1550. The van der Waals surface area contributed by atoms with E-state index in [2.05, 4.69) is 9.82 Å². The summed E-state index contributed by atoms with van der Waals surface area (Å²) in [5, 5.41) is 5.29. The molecule has 0 radical (unpaired) electrons. The molecule has 0 aliphatic heterocycles. The minimum atomic E-state index is -3.88. The summed E-state index contributed by atoms with van der Waals surface area (Å²) in [5.41, 5.74) is 2.18. The summed E-state index contributed by atoms with van der Waals surface area (Å²) in [6.45, 7) is 0. The van der Waals surface area contributed by atoms with Gasteiger partial charge >= 0.3 is 0 Å². The van der Waals surface area contributed by atoms with Gasteiger partial charge in [0.05, 0.1) is 16.3 Å². The van der Waals surface area contributed by atoms with Gasteiger partial charge in [0.2, 0.25) is 0 Å². The SMILES string of the molecule is O=S(=O)(Nc1cc(-c2ccc(Cl)cc2)nn1-c1ccccc1)c1cccc(Sc2ccccc2)c1. The van der Waals surface area contributed by atoms with Gasteiger partial charge in [-0.05, 0) is 54.6 Å². The zero-order valence-electron chi connectivity index (χ0n) is 18.4. The molecule has 0 unspecified atom stereocenters. The van der Waals surface area contributed by atoms with Crippen LogP contribution in [0.1, 0.15) is 0 Å². The molecule has 0 saturated carbocycles. The standard InChI is InChI=1S/C27H20ClN3O2S2/c28-21-16-14-20(15-17-21)26-19-27(31(29-26)22-8-3-1-4-9-22)30-35(32,33)25-13-7-12-24(18-25)34-23-10-5-2-6-11-23/h1-19,30H. The number of benzene rings is 4. The van der Waals surface area contributed by atoms with Crippen LogP contribution in [0.2, 0.25) is 5.02 Å². The van der Waals surface area contributed by atoms with Crippen molar-refractivity contribution in [3.63, 3.8) is 0 Å². The topological polar surface area (TPSA) is 64.0 Å². The second-order valence-corrected chi connectivity index (χ2v) is 10.9. The number of para-hydroxylation sites is 1. The van der Waals surface area contributed by atoms with Crippen molar-refractivity contribution in [1.82, 2.24) is 9.78 Å². The van der Waals surface area contributed by atoms with Gasteiger partial charge in [-0.1, -0.05) is 78.0 Å². The Morgan fingerprint density at radius 3 is 2.11 bits per heavy atom. The summed E-state index contributed by atoms with van der Waals surface area (Å²) in [5.74, 6) is 0.335. The van der Waals surface area contributed by atoms with Gasteiger partial charge in [-0.2, -0.15) is 5.10 Å². The number of halogens is 1. The molecule has 0 amide bonds. The zero-order valence-corrected chi connectivity index (χ0v) is 20.8. The van der Waals surface area contributed by atoms with Crippen LogP contribution in [0.15, 0.2) is 130 Å². The van der Waals surface area contributed by atoms with Crippen molar-refractivity contribution >= 4 is 39.2 Å². The molecular formula is C27H20ClN3O2S2. The van der Waals surface area contributed by atoms with Gasteiger partial charge in [0.25, 0.3) is 10.0 Å². The Labute approximate surface area is 213 Å². The summed E-state index contributed by atoms with van der Waals surface area (Å²) in [6.07, 6.45) is 0. The van der Waals surface area contributed by atoms with Crippen LogP contribution in [0.3, 0.4) is 0 Å². The quantitative estimate of drug-likeness (QED) is 0.249. The van der Waals surface area contributed by atoms with Crippen LogP contribution >= 0.6 is 23.4 Å². The maximum Gasteiger partial charge on any atom is 0.263 e. The summed E-state index contributed by atoms with van der Waals surface area (Å²) < 4.78 is 31.1. The highest BCUT2D eigenvalue weighted by Gasteiger charge is 2.20. The molecule has 0 atom stereocenters. The molecule has 5 aromatic rings. The summed E-state index contributed by atoms with van der Waals surface area (Å²) in [6, 6.07) is 35.1. The van der Waals surface area contributed by atoms with E-state index in [0.717, 1.165) is 21.0 Å². The van der Waals surface area contributed by atoms with Crippen LogP contribution in [0.5, 0.6) is 0 Å². The molecule has 0 aliphatic carbocycles. The average Bonchev–Trinajstić information content (AvgIpc) is 3.29. The van der Waals surface area contributed by atoms with Gasteiger partial charge in [0.15, 0.2) is 0 Å². The summed E-state index contributed by atoms with van der Waals surface area (Å²) >= 11 is 7.54. The molecule has 0 aliphatic rings. The van der Waals surface area contributed by atoms with Crippen LogP contribution in [0, 0.1) is 0 Å². The fourth-order valence-electron chi connectivity index (χ4n) is 3.51. The van der Waals surface area contributed by atoms with E-state index < -0.39 is 10.0 Å². The van der Waals surface area contributed by atoms with E-state index in [1.165, 1.54) is 11.8 Å². The molecule has 0 spiro atoms. The number of hydrogen-bond acceptors (Lipinski definition) is 4. The Hall–Kier alpha value is -3.52. The maximum atomic E-state index is 13.4. The predicted octanol–water partition coefficient (Wildman–Crippen LogP) is 7.14. The number of sulfonamides is 1. The molecule has 5 rings (SSSR count). The van der Waals surface area contributed by atoms with Crippen molar-refractivity contribution in [2.75, 3.05) is 4.72 Å². The summed E-state index contributed by atoms with van der Waals surface area (Å²) in [4.78, 5) is 2.04. The fourth-order valence-corrected chi connectivity index (χ4v) is 5.68. The Kier molecular flexibility index (Phi) is 6.63. The largest absolute Gasteiger partial charge is 0.263 e. The first-order valence-electron chi connectivity index (χ1n) is 10.8. The highest BCUT2D eigenvalue weighted by molar-refractivity contribution is 7.99. The van der Waals surface area contributed by atoms with Crippen molar-refractivity contribution in [2.24, 2.45) is 0 Å². The average molecular weight is 518 g/mol. The van der Waals surface area contributed by atoms with Crippen LogP contribution in [0.25, 0.3) is 16.9 Å². The van der Waals surface area contributed by atoms with Gasteiger partial charge in [-0.25, -0.2) is 13.1 Å². The van der Waals surface area contributed by atoms with Crippen LogP contribution in [0.4, 0.5) is 5.82 Å². The smallest absolute Gasteiger partial charge is 0.263 e. The third-order valence-corrected chi connectivity index (χ3v) is 7.79. The molecule has 4 aromatic carbocycles. The predicted molar refractivity (Wildman–Crippen MR) is 142 cm³/mol. The number of hydrogen-bond donors (Lipinski definition) is 1. The number of nitrogens with one attached hydrogen (secondary N) is 1. The van der Waals surface area contributed by atoms with Crippen LogP contribution < -0.4 is 4.72 Å². The molecule has 1 aromatic heterocycles. The molecule has 174 valence electrons. The lowest BCUT2D eigenvalue weighted by Crippen LogP contribution is -2.16. The van der Waals surface area contributed by atoms with E-state index in [1.54, 1.807) is 41.1 Å². The van der Waals surface area contributed by atoms with Crippen LogP contribution in [-0.2, 0) is 10.0 Å². The van der Waals surface area contributed by atoms with E-state index in [-0.39, 0.29) is 4.90 Å². The maximum absolute atomic E-state index is 13.4. The third-order valence-electron chi connectivity index (χ3n) is 5.18. The van der Waals surface area contributed by atoms with Crippen molar-refractivity contribution < 1.29 is 8.42 Å². The van der Waals surface area contributed by atoms with Crippen molar-refractivity contribution in [3.05, 3.63) is 120 Å². The highest BCUT2D eigenvalue weighted by atomic mass is 35.5. The third kappa shape index (κ3) is 5.43. The van der Waals surface area contributed by atoms with Gasteiger partial charge in [-0.3, -0.25) is 4.72 Å². The van der Waals surface area contributed by atoms with E-state index in [0.29, 0.717) is 16.5 Å². The van der Waals surface area contributed by atoms with Gasteiger partial charge in [-0.15, -0.1) is 0 Å². The zero-order chi connectivity index (χ0) is 24.3. The second kappa shape index (κ2) is 10.00. The minimum absolute atomic E-state index is 0.173. The first kappa shape index (κ1) is 23.2. The van der Waals surface area contributed by atoms with E-state index in [1.807, 2.05) is 78.9 Å². The Morgan fingerprint density at radius 1 is 0.743 bits per heavy atom. The molecule has 5 nitrogen and oxygen atoms in total. The minimum Gasteiger partial charge on any atom is -0.263 e. The molecule has 1 heterocycles. The van der Waals surface area contributed by atoms with Gasteiger partial charge in [0, 0.05) is 26.4 Å². The lowest BCUT2D eigenvalue weighted by atomic mass is 10.1. The number of aromatic nitrogens is 2. The monoisotopic (exact) mass is 517 g/mol. The number of rotatable bonds is 7. The number of nitrogens with zero attached hydrogens (tertiary/aromatic N) is 2. The normalized spacial score (nSPS) is 11.3. The molecule has 0 saturated heterocycles. The van der Waals surface area contributed by atoms with Crippen molar-refractivity contribution in [2.45, 2.75) is 14.7 Å². The molecular weight excluding hydrogens is 498 g/mol. The fraction of sp³-hybridized carbons (Fsp3) is 0. The summed E-state index contributed by atoms with van der Waals surface area (Å²) in [7, 11) is -3.88. The van der Waals surface area contributed by atoms with E-state index >= 15 is 0 Å². The Balaban J connectivity index is 1.50. The number of anilines is 1. The molecule has 35 heavy (non-hydrogen) atoms. The van der Waals surface area contributed by atoms with E-state index in [9.17, 15) is 8.42 Å². The van der Waals surface area contributed by atoms with Gasteiger partial charge < -0.3 is 0 Å². The lowest BCUT2D eigenvalue weighted by molar-refractivity contribution is 0.600. The molecule has 8 heteroatoms. The first-order chi connectivity index (χ1) is 17.0. The molecule has 1 N–H and O–H groups in total. The van der Waals surface area contributed by atoms with Gasteiger partial charge in [0.1, 0.15) is 5.82 Å². The van der Waals surface area contributed by atoms with E-state index in [4.69, 9.17) is 11.6 Å². The van der Waals surface area contributed by atoms with Crippen molar-refractivity contribution in [1.29, 1.82) is 0 Å². The second-order valence-electron chi connectivity index (χ2n) is 7.66. The molecule has 0 fully saturated rings. The van der Waals surface area contributed by atoms with Crippen LogP contribution in [-0.4, -0.2) is 18.2 Å².